The standard InChI is InChI=1S/C23H31N5O4/c1-4-25-23(27-13-16(2)32-20-7-5-6-19(12-20)31-3)28-14-17-8-10-18(11-9-17)22(30)26-15-21(24)29/h5-12,16H,4,13-15H2,1-3H3,(H2,24,29)(H,26,30)(H2,25,27,28). The third kappa shape index (κ3) is 8.55. The van der Waals surface area contributed by atoms with Gasteiger partial charge in [0.2, 0.25) is 5.91 Å². The molecule has 0 heterocycles. The topological polar surface area (TPSA) is 127 Å². The van der Waals surface area contributed by atoms with Gasteiger partial charge in [-0.2, -0.15) is 0 Å². The maximum atomic E-state index is 11.9. The lowest BCUT2D eigenvalue weighted by molar-refractivity contribution is -0.117. The van der Waals surface area contributed by atoms with Crippen molar-refractivity contribution in [2.75, 3.05) is 26.7 Å². The highest BCUT2D eigenvalue weighted by Gasteiger charge is 2.08. The molecule has 0 aliphatic heterocycles. The Hall–Kier alpha value is -3.75. The normalized spacial score (nSPS) is 11.9. The summed E-state index contributed by atoms with van der Waals surface area (Å²) in [5.41, 5.74) is 6.43. The average Bonchev–Trinajstić information content (AvgIpc) is 2.79. The molecule has 0 bridgehead atoms. The predicted molar refractivity (Wildman–Crippen MR) is 124 cm³/mol. The Kier molecular flexibility index (Phi) is 9.83. The molecule has 0 aliphatic rings. The Labute approximate surface area is 188 Å². The molecule has 0 aromatic heterocycles. The van der Waals surface area contributed by atoms with Gasteiger partial charge in [0.05, 0.1) is 26.7 Å². The Balaban J connectivity index is 1.88. The van der Waals surface area contributed by atoms with E-state index in [9.17, 15) is 9.59 Å². The van der Waals surface area contributed by atoms with Crippen molar-refractivity contribution in [2.24, 2.45) is 10.7 Å². The van der Waals surface area contributed by atoms with E-state index in [0.717, 1.165) is 23.6 Å². The second-order valence-corrected chi connectivity index (χ2v) is 7.03. The SMILES string of the molecule is CCNC(=NCc1ccc(C(=O)NCC(N)=O)cc1)NCC(C)Oc1cccc(OC)c1. The summed E-state index contributed by atoms with van der Waals surface area (Å²) in [6.45, 7) is 5.48. The van der Waals surface area contributed by atoms with Crippen molar-refractivity contribution in [1.29, 1.82) is 0 Å². The van der Waals surface area contributed by atoms with Gasteiger partial charge in [-0.3, -0.25) is 9.59 Å². The van der Waals surface area contributed by atoms with E-state index in [1.807, 2.05) is 50.2 Å². The Morgan fingerprint density at radius 3 is 2.44 bits per heavy atom. The van der Waals surface area contributed by atoms with Gasteiger partial charge in [0, 0.05) is 18.2 Å². The summed E-state index contributed by atoms with van der Waals surface area (Å²) in [5, 5.41) is 8.93. The summed E-state index contributed by atoms with van der Waals surface area (Å²) in [4.78, 5) is 27.3. The fourth-order valence-electron chi connectivity index (χ4n) is 2.73. The minimum absolute atomic E-state index is 0.0934. The molecule has 0 aliphatic carbocycles. The number of hydrogen-bond acceptors (Lipinski definition) is 5. The monoisotopic (exact) mass is 441 g/mol. The lowest BCUT2D eigenvalue weighted by atomic mass is 10.1. The van der Waals surface area contributed by atoms with Crippen molar-refractivity contribution in [2.45, 2.75) is 26.5 Å². The summed E-state index contributed by atoms with van der Waals surface area (Å²) in [7, 11) is 1.62. The van der Waals surface area contributed by atoms with Crippen LogP contribution in [0.25, 0.3) is 0 Å². The van der Waals surface area contributed by atoms with Crippen molar-refractivity contribution in [3.63, 3.8) is 0 Å². The van der Waals surface area contributed by atoms with Crippen LogP contribution >= 0.6 is 0 Å². The molecule has 0 spiro atoms. The van der Waals surface area contributed by atoms with Crippen LogP contribution in [0.15, 0.2) is 53.5 Å². The highest BCUT2D eigenvalue weighted by atomic mass is 16.5. The van der Waals surface area contributed by atoms with E-state index in [2.05, 4.69) is 20.9 Å². The Morgan fingerprint density at radius 1 is 1.06 bits per heavy atom. The van der Waals surface area contributed by atoms with E-state index in [4.69, 9.17) is 15.2 Å². The fraction of sp³-hybridized carbons (Fsp3) is 0.348. The molecule has 5 N–H and O–H groups in total. The van der Waals surface area contributed by atoms with Gasteiger partial charge in [-0.25, -0.2) is 4.99 Å². The van der Waals surface area contributed by atoms with Gasteiger partial charge >= 0.3 is 0 Å². The van der Waals surface area contributed by atoms with Gasteiger partial charge in [-0.1, -0.05) is 18.2 Å². The minimum atomic E-state index is -0.587. The second kappa shape index (κ2) is 12.8. The first kappa shape index (κ1) is 24.5. The van der Waals surface area contributed by atoms with Crippen LogP contribution < -0.4 is 31.2 Å². The van der Waals surface area contributed by atoms with Crippen molar-refractivity contribution >= 4 is 17.8 Å². The lowest BCUT2D eigenvalue weighted by Crippen LogP contribution is -2.41. The third-order valence-electron chi connectivity index (χ3n) is 4.34. The number of carbonyl (C=O) groups excluding carboxylic acids is 2. The van der Waals surface area contributed by atoms with E-state index in [-0.39, 0.29) is 18.6 Å². The number of guanidine groups is 1. The summed E-state index contributed by atoms with van der Waals surface area (Å²) in [5.74, 6) is 1.21. The highest BCUT2D eigenvalue weighted by Crippen LogP contribution is 2.19. The molecular formula is C23H31N5O4. The zero-order valence-corrected chi connectivity index (χ0v) is 18.7. The van der Waals surface area contributed by atoms with E-state index in [1.165, 1.54) is 0 Å². The molecule has 1 unspecified atom stereocenters. The number of nitrogens with two attached hydrogens (primary N) is 1. The molecule has 2 amide bonds. The van der Waals surface area contributed by atoms with E-state index in [0.29, 0.717) is 24.6 Å². The van der Waals surface area contributed by atoms with Gasteiger partial charge in [0.15, 0.2) is 5.96 Å². The minimum Gasteiger partial charge on any atom is -0.497 e. The molecule has 2 aromatic rings. The van der Waals surface area contributed by atoms with Crippen LogP contribution in [0, 0.1) is 0 Å². The zero-order chi connectivity index (χ0) is 23.3. The summed E-state index contributed by atoms with van der Waals surface area (Å²) >= 11 is 0. The van der Waals surface area contributed by atoms with Crippen LogP contribution in [0.5, 0.6) is 11.5 Å². The number of amides is 2. The number of hydrogen-bond donors (Lipinski definition) is 4. The first-order valence-electron chi connectivity index (χ1n) is 10.4. The van der Waals surface area contributed by atoms with Crippen LogP contribution in [-0.2, 0) is 11.3 Å². The molecule has 0 saturated heterocycles. The molecular weight excluding hydrogens is 410 g/mol. The van der Waals surface area contributed by atoms with Crippen molar-refractivity contribution in [3.8, 4) is 11.5 Å². The summed E-state index contributed by atoms with van der Waals surface area (Å²) in [6, 6.07) is 14.5. The first-order chi connectivity index (χ1) is 15.4. The van der Waals surface area contributed by atoms with Crippen molar-refractivity contribution < 1.29 is 19.1 Å². The predicted octanol–water partition coefficient (Wildman–Crippen LogP) is 1.43. The fourth-order valence-corrected chi connectivity index (χ4v) is 2.73. The van der Waals surface area contributed by atoms with Crippen molar-refractivity contribution in [1.82, 2.24) is 16.0 Å². The van der Waals surface area contributed by atoms with Gasteiger partial charge in [0.1, 0.15) is 17.6 Å². The highest BCUT2D eigenvalue weighted by molar-refractivity contribution is 5.96. The van der Waals surface area contributed by atoms with Gasteiger partial charge in [-0.15, -0.1) is 0 Å². The van der Waals surface area contributed by atoms with Crippen LogP contribution in [0.4, 0.5) is 0 Å². The number of methoxy groups -OCH3 is 1. The number of primary amides is 1. The summed E-state index contributed by atoms with van der Waals surface area (Å²) in [6.07, 6.45) is -0.0934. The molecule has 9 heteroatoms. The van der Waals surface area contributed by atoms with E-state index >= 15 is 0 Å². The third-order valence-corrected chi connectivity index (χ3v) is 4.34. The maximum Gasteiger partial charge on any atom is 0.251 e. The quantitative estimate of drug-likeness (QED) is 0.309. The molecule has 172 valence electrons. The van der Waals surface area contributed by atoms with Crippen LogP contribution in [0.2, 0.25) is 0 Å². The van der Waals surface area contributed by atoms with Crippen LogP contribution in [-0.4, -0.2) is 50.6 Å². The second-order valence-electron chi connectivity index (χ2n) is 7.03. The lowest BCUT2D eigenvalue weighted by Gasteiger charge is -2.18. The number of aliphatic imine (C=N–C) groups is 1. The molecule has 0 fully saturated rings. The molecule has 32 heavy (non-hydrogen) atoms. The molecule has 2 rings (SSSR count). The molecule has 1 atom stereocenters. The van der Waals surface area contributed by atoms with Gasteiger partial charge in [-0.05, 0) is 43.7 Å². The number of ether oxygens (including phenoxy) is 2. The number of nitrogens with one attached hydrogen (secondary N) is 3. The molecule has 0 radical (unpaired) electrons. The van der Waals surface area contributed by atoms with Gasteiger partial charge < -0.3 is 31.2 Å². The zero-order valence-electron chi connectivity index (χ0n) is 18.7. The number of carbonyl (C=O) groups is 2. The van der Waals surface area contributed by atoms with Gasteiger partial charge in [0.25, 0.3) is 5.91 Å². The number of nitrogens with zero attached hydrogens (tertiary/aromatic N) is 1. The Bertz CT molecular complexity index is 915. The van der Waals surface area contributed by atoms with E-state index in [1.54, 1.807) is 19.2 Å². The first-order valence-corrected chi connectivity index (χ1v) is 10.4. The smallest absolute Gasteiger partial charge is 0.251 e. The number of benzene rings is 2. The Morgan fingerprint density at radius 2 is 1.78 bits per heavy atom. The maximum absolute atomic E-state index is 11.9. The molecule has 9 nitrogen and oxygen atoms in total. The average molecular weight is 442 g/mol. The molecule has 0 saturated carbocycles. The molecule has 2 aromatic carbocycles. The van der Waals surface area contributed by atoms with Crippen LogP contribution in [0.1, 0.15) is 29.8 Å². The largest absolute Gasteiger partial charge is 0.497 e. The van der Waals surface area contributed by atoms with E-state index < -0.39 is 5.91 Å². The summed E-state index contributed by atoms with van der Waals surface area (Å²) < 4.78 is 11.1. The van der Waals surface area contributed by atoms with Crippen LogP contribution in [0.3, 0.4) is 0 Å². The van der Waals surface area contributed by atoms with Crippen molar-refractivity contribution in [3.05, 3.63) is 59.7 Å². The number of rotatable bonds is 11.